The molecule has 0 spiro atoms. The highest BCUT2D eigenvalue weighted by atomic mass is 14.6. The van der Waals surface area contributed by atoms with Gasteiger partial charge in [0.2, 0.25) is 0 Å². The second-order valence-corrected chi connectivity index (χ2v) is 5.00. The topological polar surface area (TPSA) is 12.9 Å². The van der Waals surface area contributed by atoms with Crippen molar-refractivity contribution in [1.82, 2.24) is 4.98 Å². The van der Waals surface area contributed by atoms with E-state index in [-0.39, 0.29) is 0 Å². The van der Waals surface area contributed by atoms with Crippen LogP contribution in [0.2, 0.25) is 0 Å². The average Bonchev–Trinajstić information content (AvgIpc) is 2.43. The molecule has 1 aromatic heterocycles. The normalized spacial score (nSPS) is 10.9. The van der Waals surface area contributed by atoms with Crippen LogP contribution in [-0.2, 0) is 6.42 Å². The van der Waals surface area contributed by atoms with Crippen LogP contribution < -0.4 is 0 Å². The summed E-state index contributed by atoms with van der Waals surface area (Å²) in [6.45, 7) is 2.27. The number of pyridine rings is 1. The maximum Gasteiger partial charge on any atom is 0.0704 e. The first-order valence-electron chi connectivity index (χ1n) is 7.24. The second kappa shape index (κ2) is 7.15. The smallest absolute Gasteiger partial charge is 0.0704 e. The zero-order valence-electron chi connectivity index (χ0n) is 11.4. The van der Waals surface area contributed by atoms with E-state index in [9.17, 15) is 0 Å². The lowest BCUT2D eigenvalue weighted by Crippen LogP contribution is -1.89. The van der Waals surface area contributed by atoms with Crippen LogP contribution >= 0.6 is 0 Å². The average molecular weight is 241 g/mol. The molecule has 1 heteroatoms. The van der Waals surface area contributed by atoms with Crippen LogP contribution in [0.15, 0.2) is 36.5 Å². The number of hydrogen-bond acceptors (Lipinski definition) is 1. The number of aryl methyl sites for hydroxylation is 1. The van der Waals surface area contributed by atoms with Gasteiger partial charge in [0.05, 0.1) is 5.52 Å². The quantitative estimate of drug-likeness (QED) is 0.612. The minimum Gasteiger partial charge on any atom is -0.256 e. The molecule has 1 nitrogen and oxygen atoms in total. The van der Waals surface area contributed by atoms with Crippen molar-refractivity contribution in [3.05, 3.63) is 42.1 Å². The van der Waals surface area contributed by atoms with E-state index in [4.69, 9.17) is 0 Å². The summed E-state index contributed by atoms with van der Waals surface area (Å²) in [5.74, 6) is 0. The van der Waals surface area contributed by atoms with Crippen LogP contribution in [0.5, 0.6) is 0 Å². The van der Waals surface area contributed by atoms with Crippen molar-refractivity contribution in [2.75, 3.05) is 0 Å². The van der Waals surface area contributed by atoms with Crippen molar-refractivity contribution in [3.63, 3.8) is 0 Å². The van der Waals surface area contributed by atoms with Crippen molar-refractivity contribution < 1.29 is 0 Å². The molecule has 0 radical (unpaired) electrons. The molecule has 0 unspecified atom stereocenters. The summed E-state index contributed by atoms with van der Waals surface area (Å²) >= 11 is 0. The van der Waals surface area contributed by atoms with Gasteiger partial charge in [-0.2, -0.15) is 0 Å². The molecule has 0 atom stereocenters. The Balaban J connectivity index is 1.88. The lowest BCUT2D eigenvalue weighted by atomic mass is 10.0. The lowest BCUT2D eigenvalue weighted by molar-refractivity contribution is 0.608. The number of nitrogens with zero attached hydrogens (tertiary/aromatic N) is 1. The zero-order chi connectivity index (χ0) is 12.6. The van der Waals surface area contributed by atoms with E-state index in [2.05, 4.69) is 36.2 Å². The third kappa shape index (κ3) is 3.56. The Morgan fingerprint density at radius 1 is 0.889 bits per heavy atom. The van der Waals surface area contributed by atoms with Gasteiger partial charge in [0.15, 0.2) is 0 Å². The Morgan fingerprint density at radius 3 is 2.61 bits per heavy atom. The van der Waals surface area contributed by atoms with E-state index < -0.39 is 0 Å². The minimum absolute atomic E-state index is 1.13. The number of unbranched alkanes of at least 4 members (excludes halogenated alkanes) is 5. The van der Waals surface area contributed by atoms with Gasteiger partial charge in [-0.1, -0.05) is 57.2 Å². The van der Waals surface area contributed by atoms with Crippen LogP contribution in [0.1, 0.15) is 51.0 Å². The summed E-state index contributed by atoms with van der Waals surface area (Å²) in [4.78, 5) is 4.41. The predicted molar refractivity (Wildman–Crippen MR) is 78.8 cm³/mol. The fourth-order valence-electron chi connectivity index (χ4n) is 2.48. The minimum atomic E-state index is 1.13. The molecular formula is C17H23N. The van der Waals surface area contributed by atoms with Crippen LogP contribution in [0.3, 0.4) is 0 Å². The molecule has 1 aromatic carbocycles. The van der Waals surface area contributed by atoms with Crippen molar-refractivity contribution in [3.8, 4) is 0 Å². The van der Waals surface area contributed by atoms with Gasteiger partial charge in [-0.05, 0) is 30.5 Å². The predicted octanol–water partition coefficient (Wildman–Crippen LogP) is 5.14. The summed E-state index contributed by atoms with van der Waals surface area (Å²) in [5, 5.41) is 1.33. The first-order valence-corrected chi connectivity index (χ1v) is 7.24. The molecule has 1 heterocycles. The van der Waals surface area contributed by atoms with Crippen molar-refractivity contribution in [1.29, 1.82) is 0 Å². The van der Waals surface area contributed by atoms with Gasteiger partial charge in [-0.3, -0.25) is 4.98 Å². The zero-order valence-corrected chi connectivity index (χ0v) is 11.4. The molecule has 0 aliphatic heterocycles. The molecule has 0 aliphatic carbocycles. The molecule has 0 saturated heterocycles. The van der Waals surface area contributed by atoms with Crippen LogP contribution in [-0.4, -0.2) is 4.98 Å². The summed E-state index contributed by atoms with van der Waals surface area (Å²) in [5.41, 5.74) is 2.58. The third-order valence-corrected chi connectivity index (χ3v) is 3.54. The maximum absolute atomic E-state index is 4.41. The fraction of sp³-hybridized carbons (Fsp3) is 0.471. The van der Waals surface area contributed by atoms with Gasteiger partial charge in [0.1, 0.15) is 0 Å². The van der Waals surface area contributed by atoms with Gasteiger partial charge in [-0.25, -0.2) is 0 Å². The molecule has 0 bridgehead atoms. The van der Waals surface area contributed by atoms with Gasteiger partial charge >= 0.3 is 0 Å². The first kappa shape index (κ1) is 13.1. The number of fused-ring (bicyclic) bond motifs is 1. The van der Waals surface area contributed by atoms with Gasteiger partial charge in [0, 0.05) is 11.6 Å². The van der Waals surface area contributed by atoms with Crippen molar-refractivity contribution in [2.24, 2.45) is 0 Å². The largest absolute Gasteiger partial charge is 0.256 e. The van der Waals surface area contributed by atoms with E-state index in [1.165, 1.54) is 55.9 Å². The Hall–Kier alpha value is -1.37. The van der Waals surface area contributed by atoms with E-state index in [0.29, 0.717) is 0 Å². The molecule has 2 rings (SSSR count). The van der Waals surface area contributed by atoms with Crippen LogP contribution in [0.4, 0.5) is 0 Å². The monoisotopic (exact) mass is 241 g/mol. The van der Waals surface area contributed by atoms with Gasteiger partial charge in [0.25, 0.3) is 0 Å². The standard InChI is InChI=1S/C17H23N/c1-2-3-4-5-6-7-10-15-11-8-13-17-16(15)12-9-14-18-17/h8-9,11-14H,2-7,10H2,1H3. The SMILES string of the molecule is CCCCCCCCc1cccc2ncccc12. The molecule has 0 aliphatic rings. The molecule has 96 valence electrons. The maximum atomic E-state index is 4.41. The van der Waals surface area contributed by atoms with E-state index >= 15 is 0 Å². The Bertz CT molecular complexity index is 470. The van der Waals surface area contributed by atoms with Gasteiger partial charge < -0.3 is 0 Å². The number of rotatable bonds is 7. The van der Waals surface area contributed by atoms with Crippen LogP contribution in [0, 0.1) is 0 Å². The summed E-state index contributed by atoms with van der Waals surface area (Å²) in [7, 11) is 0. The number of aromatic nitrogens is 1. The second-order valence-electron chi connectivity index (χ2n) is 5.00. The first-order chi connectivity index (χ1) is 8.92. The summed E-state index contributed by atoms with van der Waals surface area (Å²) < 4.78 is 0. The van der Waals surface area contributed by atoms with Crippen molar-refractivity contribution >= 4 is 10.9 Å². The van der Waals surface area contributed by atoms with E-state index in [0.717, 1.165) is 5.52 Å². The third-order valence-electron chi connectivity index (χ3n) is 3.54. The molecular weight excluding hydrogens is 218 g/mol. The molecule has 2 aromatic rings. The number of benzene rings is 1. The molecule has 0 fully saturated rings. The highest BCUT2D eigenvalue weighted by Crippen LogP contribution is 2.19. The number of hydrogen-bond donors (Lipinski definition) is 0. The Morgan fingerprint density at radius 2 is 1.72 bits per heavy atom. The Labute approximate surface area is 110 Å². The van der Waals surface area contributed by atoms with Crippen LogP contribution in [0.25, 0.3) is 10.9 Å². The highest BCUT2D eigenvalue weighted by molar-refractivity contribution is 5.81. The molecule has 18 heavy (non-hydrogen) atoms. The van der Waals surface area contributed by atoms with E-state index in [1.807, 2.05) is 12.3 Å². The molecule has 0 saturated carbocycles. The van der Waals surface area contributed by atoms with Gasteiger partial charge in [-0.15, -0.1) is 0 Å². The molecule has 0 amide bonds. The summed E-state index contributed by atoms with van der Waals surface area (Å²) in [6, 6.07) is 10.7. The Kier molecular flexibility index (Phi) is 5.19. The summed E-state index contributed by atoms with van der Waals surface area (Å²) in [6.07, 6.45) is 11.2. The van der Waals surface area contributed by atoms with Crippen molar-refractivity contribution in [2.45, 2.75) is 51.9 Å². The fourth-order valence-corrected chi connectivity index (χ4v) is 2.48. The lowest BCUT2D eigenvalue weighted by Gasteiger charge is -2.05. The highest BCUT2D eigenvalue weighted by Gasteiger charge is 2.00. The van der Waals surface area contributed by atoms with E-state index in [1.54, 1.807) is 0 Å². The molecule has 0 N–H and O–H groups in total.